The van der Waals surface area contributed by atoms with Crippen molar-refractivity contribution >= 4 is 40.9 Å². The van der Waals surface area contributed by atoms with E-state index in [1.165, 1.54) is 0 Å². The Balaban J connectivity index is 2.95. The van der Waals surface area contributed by atoms with Gasteiger partial charge in [0, 0.05) is 27.2 Å². The molecular weight excluding hydrogens is 323 g/mol. The number of amides is 1. The molecule has 0 bridgehead atoms. The Labute approximate surface area is 133 Å². The largest absolute Gasteiger partial charge is 0.444 e. The van der Waals surface area contributed by atoms with Crippen molar-refractivity contribution in [3.05, 3.63) is 32.8 Å². The monoisotopic (exact) mass is 338 g/mol. The second-order valence-electron chi connectivity index (χ2n) is 5.22. The summed E-state index contributed by atoms with van der Waals surface area (Å²) in [5, 5.41) is 3.74. The lowest BCUT2D eigenvalue weighted by molar-refractivity contribution is 0.0505. The van der Waals surface area contributed by atoms with Crippen LogP contribution in [0.5, 0.6) is 0 Å². The fourth-order valence-corrected chi connectivity index (χ4v) is 2.67. The summed E-state index contributed by atoms with van der Waals surface area (Å²) in [5.41, 5.74) is 5.59. The Hall–Kier alpha value is -0.680. The average molecular weight is 340 g/mol. The highest BCUT2D eigenvalue weighted by atomic mass is 35.5. The van der Waals surface area contributed by atoms with Crippen LogP contribution in [0, 0.1) is 0 Å². The summed E-state index contributed by atoms with van der Waals surface area (Å²) in [4.78, 5) is 11.8. The number of benzene rings is 1. The smallest absolute Gasteiger partial charge is 0.408 e. The Bertz CT molecular complexity index is 478. The van der Waals surface area contributed by atoms with E-state index in [4.69, 9.17) is 45.3 Å². The van der Waals surface area contributed by atoms with Gasteiger partial charge in [0.25, 0.3) is 0 Å². The van der Waals surface area contributed by atoms with Gasteiger partial charge in [0.15, 0.2) is 0 Å². The molecule has 0 saturated heterocycles. The lowest BCUT2D eigenvalue weighted by atomic mass is 10.1. The maximum absolute atomic E-state index is 11.8. The SMILES string of the molecule is CC(C)(C)OC(=O)NC(CN)c1c(Cl)cc(Cl)cc1Cl. The number of nitrogens with two attached hydrogens (primary N) is 1. The zero-order valence-electron chi connectivity index (χ0n) is 11.5. The summed E-state index contributed by atoms with van der Waals surface area (Å²) in [6.07, 6.45) is -0.588. The second-order valence-corrected chi connectivity index (χ2v) is 6.47. The van der Waals surface area contributed by atoms with Crippen LogP contribution >= 0.6 is 34.8 Å². The number of ether oxygens (including phenoxy) is 1. The van der Waals surface area contributed by atoms with Gasteiger partial charge >= 0.3 is 6.09 Å². The molecule has 112 valence electrons. The van der Waals surface area contributed by atoms with Crippen molar-refractivity contribution in [2.24, 2.45) is 5.73 Å². The molecule has 1 amide bonds. The van der Waals surface area contributed by atoms with Gasteiger partial charge in [-0.05, 0) is 32.9 Å². The minimum Gasteiger partial charge on any atom is -0.444 e. The van der Waals surface area contributed by atoms with Gasteiger partial charge in [-0.25, -0.2) is 4.79 Å². The zero-order valence-corrected chi connectivity index (χ0v) is 13.7. The standard InChI is InChI=1S/C13H17Cl3N2O2/c1-13(2,3)20-12(19)18-10(6-17)11-8(15)4-7(14)5-9(11)16/h4-5,10H,6,17H2,1-3H3,(H,18,19). The maximum atomic E-state index is 11.8. The second kappa shape index (κ2) is 6.85. The molecule has 1 aromatic rings. The summed E-state index contributed by atoms with van der Waals surface area (Å²) in [6.45, 7) is 5.44. The van der Waals surface area contributed by atoms with Gasteiger partial charge in [0.05, 0.1) is 6.04 Å². The molecule has 0 aliphatic heterocycles. The summed E-state index contributed by atoms with van der Waals surface area (Å²) in [6, 6.07) is 2.54. The number of rotatable bonds is 3. The van der Waals surface area contributed by atoms with Crippen LogP contribution < -0.4 is 11.1 Å². The average Bonchev–Trinajstić information content (AvgIpc) is 2.23. The van der Waals surface area contributed by atoms with E-state index in [0.717, 1.165) is 0 Å². The van der Waals surface area contributed by atoms with Gasteiger partial charge in [-0.15, -0.1) is 0 Å². The van der Waals surface area contributed by atoms with E-state index in [-0.39, 0.29) is 6.54 Å². The molecule has 0 aromatic heterocycles. The predicted octanol–water partition coefficient (Wildman–Crippen LogP) is 4.17. The molecule has 4 nitrogen and oxygen atoms in total. The van der Waals surface area contributed by atoms with Crippen LogP contribution in [0.1, 0.15) is 32.4 Å². The van der Waals surface area contributed by atoms with E-state index in [9.17, 15) is 4.79 Å². The van der Waals surface area contributed by atoms with Crippen molar-refractivity contribution in [3.63, 3.8) is 0 Å². The fourth-order valence-electron chi connectivity index (χ4n) is 1.59. The molecular formula is C13H17Cl3N2O2. The third kappa shape index (κ3) is 5.02. The molecule has 0 radical (unpaired) electrons. The van der Waals surface area contributed by atoms with E-state index in [1.54, 1.807) is 32.9 Å². The normalized spacial score (nSPS) is 12.9. The number of carbonyl (C=O) groups excluding carboxylic acids is 1. The molecule has 0 heterocycles. The van der Waals surface area contributed by atoms with Gasteiger partial charge in [-0.2, -0.15) is 0 Å². The summed E-state index contributed by atoms with van der Waals surface area (Å²) in [7, 11) is 0. The van der Waals surface area contributed by atoms with Gasteiger partial charge < -0.3 is 15.8 Å². The van der Waals surface area contributed by atoms with Crippen molar-refractivity contribution in [2.45, 2.75) is 32.4 Å². The molecule has 0 spiro atoms. The Morgan fingerprint density at radius 3 is 2.20 bits per heavy atom. The van der Waals surface area contributed by atoms with Crippen LogP contribution in [-0.4, -0.2) is 18.2 Å². The summed E-state index contributed by atoms with van der Waals surface area (Å²) >= 11 is 18.1. The zero-order chi connectivity index (χ0) is 15.5. The van der Waals surface area contributed by atoms with Crippen LogP contribution in [0.2, 0.25) is 15.1 Å². The van der Waals surface area contributed by atoms with Crippen molar-refractivity contribution in [2.75, 3.05) is 6.54 Å². The van der Waals surface area contributed by atoms with Crippen molar-refractivity contribution in [3.8, 4) is 0 Å². The highest BCUT2D eigenvalue weighted by molar-refractivity contribution is 6.39. The van der Waals surface area contributed by atoms with Crippen LogP contribution in [-0.2, 0) is 4.74 Å². The van der Waals surface area contributed by atoms with Crippen molar-refractivity contribution in [1.82, 2.24) is 5.32 Å². The summed E-state index contributed by atoms with van der Waals surface area (Å²) in [5.74, 6) is 0. The number of carbonyl (C=O) groups is 1. The van der Waals surface area contributed by atoms with E-state index in [1.807, 2.05) is 0 Å². The van der Waals surface area contributed by atoms with Gasteiger partial charge in [0.1, 0.15) is 5.60 Å². The third-order valence-corrected chi connectivity index (χ3v) is 3.16. The minimum atomic E-state index is -0.600. The van der Waals surface area contributed by atoms with Crippen LogP contribution in [0.15, 0.2) is 12.1 Å². The van der Waals surface area contributed by atoms with E-state index < -0.39 is 17.7 Å². The highest BCUT2D eigenvalue weighted by Crippen LogP contribution is 2.33. The van der Waals surface area contributed by atoms with E-state index >= 15 is 0 Å². The highest BCUT2D eigenvalue weighted by Gasteiger charge is 2.23. The van der Waals surface area contributed by atoms with Gasteiger partial charge in [-0.3, -0.25) is 0 Å². The molecule has 1 aromatic carbocycles. The van der Waals surface area contributed by atoms with Crippen LogP contribution in [0.4, 0.5) is 4.79 Å². The van der Waals surface area contributed by atoms with Crippen molar-refractivity contribution < 1.29 is 9.53 Å². The lowest BCUT2D eigenvalue weighted by Gasteiger charge is -2.24. The fraction of sp³-hybridized carbons (Fsp3) is 0.462. The first-order valence-electron chi connectivity index (χ1n) is 5.98. The Morgan fingerprint density at radius 1 is 1.30 bits per heavy atom. The first-order chi connectivity index (χ1) is 9.14. The topological polar surface area (TPSA) is 64.3 Å². The number of hydrogen-bond donors (Lipinski definition) is 2. The summed E-state index contributed by atoms with van der Waals surface area (Å²) < 4.78 is 5.18. The quantitative estimate of drug-likeness (QED) is 0.868. The number of nitrogens with one attached hydrogen (secondary N) is 1. The third-order valence-electron chi connectivity index (χ3n) is 2.32. The molecule has 1 rings (SSSR count). The van der Waals surface area contributed by atoms with Crippen molar-refractivity contribution in [1.29, 1.82) is 0 Å². The molecule has 3 N–H and O–H groups in total. The number of alkyl carbamates (subject to hydrolysis) is 1. The Kier molecular flexibility index (Phi) is 5.95. The first kappa shape index (κ1) is 17.4. The maximum Gasteiger partial charge on any atom is 0.408 e. The lowest BCUT2D eigenvalue weighted by Crippen LogP contribution is -2.38. The molecule has 20 heavy (non-hydrogen) atoms. The molecule has 0 saturated carbocycles. The van der Waals surface area contributed by atoms with Crippen LogP contribution in [0.3, 0.4) is 0 Å². The molecule has 1 atom stereocenters. The van der Waals surface area contributed by atoms with Gasteiger partial charge in [0.2, 0.25) is 0 Å². The Morgan fingerprint density at radius 2 is 1.80 bits per heavy atom. The minimum absolute atomic E-state index is 0.125. The number of halogens is 3. The first-order valence-corrected chi connectivity index (χ1v) is 7.11. The van der Waals surface area contributed by atoms with E-state index in [0.29, 0.717) is 20.6 Å². The molecule has 0 aliphatic carbocycles. The number of hydrogen-bond acceptors (Lipinski definition) is 3. The van der Waals surface area contributed by atoms with Gasteiger partial charge in [-0.1, -0.05) is 34.8 Å². The molecule has 0 fully saturated rings. The van der Waals surface area contributed by atoms with E-state index in [2.05, 4.69) is 5.32 Å². The molecule has 1 unspecified atom stereocenters. The van der Waals surface area contributed by atoms with Crippen LogP contribution in [0.25, 0.3) is 0 Å². The molecule has 7 heteroatoms. The molecule has 0 aliphatic rings. The predicted molar refractivity (Wildman–Crippen MR) is 82.6 cm³/mol.